The molecule has 4 nitrogen and oxygen atoms in total. The van der Waals surface area contributed by atoms with E-state index in [2.05, 4.69) is 0 Å². The molecule has 1 aliphatic rings. The summed E-state index contributed by atoms with van der Waals surface area (Å²) in [5.41, 5.74) is -1.34. The molecule has 104 valence electrons. The van der Waals surface area contributed by atoms with Crippen LogP contribution < -0.4 is 0 Å². The second-order valence-electron chi connectivity index (χ2n) is 6.15. The molecule has 0 aromatic rings. The van der Waals surface area contributed by atoms with Gasteiger partial charge in [-0.25, -0.2) is 0 Å². The molecule has 0 aromatic heterocycles. The molecule has 18 heavy (non-hydrogen) atoms. The molecule has 4 heteroatoms. The van der Waals surface area contributed by atoms with Crippen LogP contribution in [0.4, 0.5) is 0 Å². The van der Waals surface area contributed by atoms with Crippen molar-refractivity contribution in [3.8, 4) is 0 Å². The molecule has 0 unspecified atom stereocenters. The van der Waals surface area contributed by atoms with Gasteiger partial charge in [0.05, 0.1) is 11.9 Å². The molecule has 0 bridgehead atoms. The summed E-state index contributed by atoms with van der Waals surface area (Å²) in [4.78, 5) is 11.7. The van der Waals surface area contributed by atoms with Crippen LogP contribution in [0.1, 0.15) is 52.9 Å². The van der Waals surface area contributed by atoms with Crippen molar-refractivity contribution in [1.82, 2.24) is 0 Å². The van der Waals surface area contributed by atoms with Crippen molar-refractivity contribution in [2.75, 3.05) is 0 Å². The summed E-state index contributed by atoms with van der Waals surface area (Å²) < 4.78 is 5.28. The first-order valence-corrected chi connectivity index (χ1v) is 6.50. The van der Waals surface area contributed by atoms with E-state index >= 15 is 0 Å². The lowest BCUT2D eigenvalue weighted by Crippen LogP contribution is -2.33. The van der Waals surface area contributed by atoms with Gasteiger partial charge in [0, 0.05) is 6.42 Å². The standard InChI is InChI=1S/C14H24O4/c1-13(2,3)18-12(16)10-11-4-6-14(17,7-5-11)8-9-15/h8-9,11,15,17H,4-7,10H2,1-3H3/b9-8+. The number of esters is 1. The van der Waals surface area contributed by atoms with Gasteiger partial charge in [-0.1, -0.05) is 0 Å². The van der Waals surface area contributed by atoms with Crippen LogP contribution in [0.15, 0.2) is 12.3 Å². The highest BCUT2D eigenvalue weighted by Gasteiger charge is 2.32. The van der Waals surface area contributed by atoms with E-state index in [1.807, 2.05) is 20.8 Å². The zero-order valence-electron chi connectivity index (χ0n) is 11.5. The van der Waals surface area contributed by atoms with Crippen LogP contribution >= 0.6 is 0 Å². The van der Waals surface area contributed by atoms with E-state index in [1.54, 1.807) is 0 Å². The molecule has 0 amide bonds. The third-order valence-electron chi connectivity index (χ3n) is 3.23. The molecule has 1 saturated carbocycles. The van der Waals surface area contributed by atoms with Crippen molar-refractivity contribution in [3.63, 3.8) is 0 Å². The average Bonchev–Trinajstić information content (AvgIpc) is 2.19. The Bertz CT molecular complexity index is 306. The van der Waals surface area contributed by atoms with Crippen LogP contribution in [-0.2, 0) is 9.53 Å². The Morgan fingerprint density at radius 1 is 1.39 bits per heavy atom. The van der Waals surface area contributed by atoms with Gasteiger partial charge < -0.3 is 14.9 Å². The van der Waals surface area contributed by atoms with Crippen molar-refractivity contribution in [1.29, 1.82) is 0 Å². The lowest BCUT2D eigenvalue weighted by atomic mass is 9.77. The number of aliphatic hydroxyl groups is 2. The predicted octanol–water partition coefficient (Wildman–Crippen LogP) is 2.71. The fraction of sp³-hybridized carbons (Fsp3) is 0.786. The van der Waals surface area contributed by atoms with Crippen molar-refractivity contribution >= 4 is 5.97 Å². The Kier molecular flexibility index (Phi) is 4.79. The molecule has 0 radical (unpaired) electrons. The summed E-state index contributed by atoms with van der Waals surface area (Å²) in [7, 11) is 0. The second kappa shape index (κ2) is 5.74. The van der Waals surface area contributed by atoms with Crippen molar-refractivity contribution in [2.45, 2.75) is 64.1 Å². The molecule has 0 atom stereocenters. The monoisotopic (exact) mass is 256 g/mol. The number of carbonyl (C=O) groups excluding carboxylic acids is 1. The smallest absolute Gasteiger partial charge is 0.306 e. The van der Waals surface area contributed by atoms with E-state index in [0.29, 0.717) is 19.3 Å². The largest absolute Gasteiger partial charge is 0.516 e. The zero-order chi connectivity index (χ0) is 13.8. The lowest BCUT2D eigenvalue weighted by Gasteiger charge is -2.33. The normalized spacial score (nSPS) is 29.4. The number of hydrogen-bond acceptors (Lipinski definition) is 4. The number of rotatable bonds is 3. The van der Waals surface area contributed by atoms with Crippen molar-refractivity contribution < 1.29 is 19.7 Å². The van der Waals surface area contributed by atoms with Gasteiger partial charge in [0.15, 0.2) is 0 Å². The number of ether oxygens (including phenoxy) is 1. The predicted molar refractivity (Wildman–Crippen MR) is 69.1 cm³/mol. The Morgan fingerprint density at radius 3 is 2.39 bits per heavy atom. The highest BCUT2D eigenvalue weighted by Crippen LogP contribution is 2.35. The van der Waals surface area contributed by atoms with E-state index in [1.165, 1.54) is 6.08 Å². The zero-order valence-corrected chi connectivity index (χ0v) is 11.5. The Labute approximate surface area is 109 Å². The molecule has 0 aliphatic heterocycles. The fourth-order valence-corrected chi connectivity index (χ4v) is 2.31. The topological polar surface area (TPSA) is 66.8 Å². The first-order valence-electron chi connectivity index (χ1n) is 6.50. The third-order valence-corrected chi connectivity index (χ3v) is 3.23. The van der Waals surface area contributed by atoms with Gasteiger partial charge >= 0.3 is 5.97 Å². The summed E-state index contributed by atoms with van der Waals surface area (Å²) in [5.74, 6) is 0.0999. The summed E-state index contributed by atoms with van der Waals surface area (Å²) in [6.45, 7) is 5.57. The molecule has 1 fully saturated rings. The minimum atomic E-state index is -0.904. The fourth-order valence-electron chi connectivity index (χ4n) is 2.31. The van der Waals surface area contributed by atoms with E-state index in [9.17, 15) is 9.90 Å². The summed E-state index contributed by atoms with van der Waals surface area (Å²) >= 11 is 0. The quantitative estimate of drug-likeness (QED) is 0.602. The van der Waals surface area contributed by atoms with Crippen LogP contribution in [0.2, 0.25) is 0 Å². The van der Waals surface area contributed by atoms with Crippen LogP contribution in [0.5, 0.6) is 0 Å². The maximum absolute atomic E-state index is 11.7. The Balaban J connectivity index is 2.38. The molecular formula is C14H24O4. The molecule has 2 N–H and O–H groups in total. The third kappa shape index (κ3) is 5.08. The molecule has 1 rings (SSSR count). The Morgan fingerprint density at radius 2 is 1.94 bits per heavy atom. The molecule has 0 saturated heterocycles. The highest BCUT2D eigenvalue weighted by atomic mass is 16.6. The minimum absolute atomic E-state index is 0.171. The van der Waals surface area contributed by atoms with Gasteiger partial charge in [-0.3, -0.25) is 4.79 Å². The van der Waals surface area contributed by atoms with E-state index in [0.717, 1.165) is 19.1 Å². The summed E-state index contributed by atoms with van der Waals surface area (Å²) in [5, 5.41) is 18.8. The first-order chi connectivity index (χ1) is 8.24. The van der Waals surface area contributed by atoms with E-state index in [4.69, 9.17) is 9.84 Å². The van der Waals surface area contributed by atoms with Crippen molar-refractivity contribution in [2.24, 2.45) is 5.92 Å². The van der Waals surface area contributed by atoms with Gasteiger partial charge in [0.25, 0.3) is 0 Å². The highest BCUT2D eigenvalue weighted by molar-refractivity contribution is 5.70. The molecule has 1 aliphatic carbocycles. The SMILES string of the molecule is CC(C)(C)OC(=O)CC1CCC(O)(/C=C/O)CC1. The van der Waals surface area contributed by atoms with E-state index in [-0.39, 0.29) is 11.9 Å². The van der Waals surface area contributed by atoms with Crippen molar-refractivity contribution in [3.05, 3.63) is 12.3 Å². The minimum Gasteiger partial charge on any atom is -0.516 e. The molecule has 0 heterocycles. The Hall–Kier alpha value is -1.03. The number of carbonyl (C=O) groups is 1. The lowest BCUT2D eigenvalue weighted by molar-refractivity contribution is -0.156. The van der Waals surface area contributed by atoms with Gasteiger partial charge in [-0.15, -0.1) is 0 Å². The maximum Gasteiger partial charge on any atom is 0.306 e. The average molecular weight is 256 g/mol. The van der Waals surface area contributed by atoms with E-state index < -0.39 is 11.2 Å². The van der Waals surface area contributed by atoms with Gasteiger partial charge in [-0.05, 0) is 58.4 Å². The van der Waals surface area contributed by atoms with Crippen LogP contribution in [-0.4, -0.2) is 27.4 Å². The van der Waals surface area contributed by atoms with Gasteiger partial charge in [0.2, 0.25) is 0 Å². The molecular weight excluding hydrogens is 232 g/mol. The summed E-state index contributed by atoms with van der Waals surface area (Å²) in [6.07, 6.45) is 5.45. The van der Waals surface area contributed by atoms with Gasteiger partial charge in [0.1, 0.15) is 5.60 Å². The van der Waals surface area contributed by atoms with Crippen LogP contribution in [0, 0.1) is 5.92 Å². The second-order valence-corrected chi connectivity index (χ2v) is 6.15. The molecule has 0 aromatic carbocycles. The first kappa shape index (κ1) is 15.0. The molecule has 0 spiro atoms. The number of hydrogen-bond donors (Lipinski definition) is 2. The van der Waals surface area contributed by atoms with Crippen LogP contribution in [0.3, 0.4) is 0 Å². The van der Waals surface area contributed by atoms with Gasteiger partial charge in [-0.2, -0.15) is 0 Å². The number of aliphatic hydroxyl groups excluding tert-OH is 1. The summed E-state index contributed by atoms with van der Waals surface area (Å²) in [6, 6.07) is 0. The maximum atomic E-state index is 11.7. The van der Waals surface area contributed by atoms with Crippen LogP contribution in [0.25, 0.3) is 0 Å².